The van der Waals surface area contributed by atoms with Crippen LogP contribution in [0, 0.1) is 5.82 Å². The van der Waals surface area contributed by atoms with Gasteiger partial charge >= 0.3 is 5.97 Å². The minimum absolute atomic E-state index is 0.139. The molecular formula is C12H9ClFNO2. The van der Waals surface area contributed by atoms with Crippen LogP contribution >= 0.6 is 11.6 Å². The molecule has 0 atom stereocenters. The number of hydrogen-bond donors (Lipinski definition) is 1. The van der Waals surface area contributed by atoms with Gasteiger partial charge in [0.05, 0.1) is 0 Å². The fourth-order valence-electron chi connectivity index (χ4n) is 1.72. The number of carboxylic acid groups (broad SMARTS) is 1. The molecule has 0 amide bonds. The molecule has 0 aliphatic rings. The molecule has 0 saturated heterocycles. The summed E-state index contributed by atoms with van der Waals surface area (Å²) in [6.45, 7) is 0. The van der Waals surface area contributed by atoms with E-state index in [1.165, 1.54) is 22.8 Å². The summed E-state index contributed by atoms with van der Waals surface area (Å²) in [5.74, 6) is -1.48. The molecule has 2 aromatic rings. The number of nitrogens with zero attached hydrogens (tertiary/aromatic N) is 1. The molecule has 0 fully saturated rings. The van der Waals surface area contributed by atoms with Crippen LogP contribution in [0.2, 0.25) is 5.02 Å². The van der Waals surface area contributed by atoms with Gasteiger partial charge in [-0.1, -0.05) is 11.6 Å². The van der Waals surface area contributed by atoms with Crippen molar-refractivity contribution in [2.45, 2.75) is 0 Å². The van der Waals surface area contributed by atoms with E-state index in [9.17, 15) is 9.18 Å². The van der Waals surface area contributed by atoms with Gasteiger partial charge in [-0.2, -0.15) is 0 Å². The second kappa shape index (κ2) is 4.22. The maximum absolute atomic E-state index is 13.2. The Morgan fingerprint density at radius 3 is 2.59 bits per heavy atom. The highest BCUT2D eigenvalue weighted by Crippen LogP contribution is 2.25. The van der Waals surface area contributed by atoms with Gasteiger partial charge in [0.1, 0.15) is 11.5 Å². The lowest BCUT2D eigenvalue weighted by molar-refractivity contribution is 0.0687. The molecule has 5 heteroatoms. The highest BCUT2D eigenvalue weighted by Gasteiger charge is 2.13. The summed E-state index contributed by atoms with van der Waals surface area (Å²) >= 11 is 5.76. The average molecular weight is 254 g/mol. The van der Waals surface area contributed by atoms with E-state index in [4.69, 9.17) is 16.7 Å². The molecule has 0 spiro atoms. The average Bonchev–Trinajstić information content (AvgIpc) is 2.58. The zero-order valence-corrected chi connectivity index (χ0v) is 9.70. The fraction of sp³-hybridized carbons (Fsp3) is 0.0833. The molecule has 0 saturated carbocycles. The van der Waals surface area contributed by atoms with Gasteiger partial charge in [-0.25, -0.2) is 9.18 Å². The summed E-state index contributed by atoms with van der Waals surface area (Å²) in [6, 6.07) is 7.19. The Labute approximate surface area is 102 Å². The Hall–Kier alpha value is -1.81. The van der Waals surface area contributed by atoms with Gasteiger partial charge in [-0.05, 0) is 30.3 Å². The summed E-state index contributed by atoms with van der Waals surface area (Å²) in [4.78, 5) is 10.9. The van der Waals surface area contributed by atoms with Gasteiger partial charge in [-0.15, -0.1) is 0 Å². The minimum atomic E-state index is -1.03. The Morgan fingerprint density at radius 1 is 1.35 bits per heavy atom. The summed E-state index contributed by atoms with van der Waals surface area (Å²) < 4.78 is 14.7. The topological polar surface area (TPSA) is 42.2 Å². The Bertz CT molecular complexity index is 572. The number of aromatic nitrogens is 1. The van der Waals surface area contributed by atoms with Crippen molar-refractivity contribution in [3.8, 4) is 11.3 Å². The van der Waals surface area contributed by atoms with Gasteiger partial charge in [-0.3, -0.25) is 0 Å². The summed E-state index contributed by atoms with van der Waals surface area (Å²) in [6.07, 6.45) is 0. The molecule has 1 heterocycles. The number of aromatic carboxylic acids is 1. The number of carboxylic acids is 1. The first-order chi connectivity index (χ1) is 7.99. The van der Waals surface area contributed by atoms with Crippen LogP contribution in [-0.4, -0.2) is 15.6 Å². The van der Waals surface area contributed by atoms with Gasteiger partial charge in [0.2, 0.25) is 0 Å². The second-order valence-electron chi connectivity index (χ2n) is 3.63. The zero-order valence-electron chi connectivity index (χ0n) is 8.95. The van der Waals surface area contributed by atoms with Gasteiger partial charge in [0, 0.05) is 23.3 Å². The highest BCUT2D eigenvalue weighted by molar-refractivity contribution is 6.30. The molecule has 0 radical (unpaired) electrons. The van der Waals surface area contributed by atoms with Crippen molar-refractivity contribution in [3.05, 3.63) is 46.9 Å². The lowest BCUT2D eigenvalue weighted by atomic mass is 10.1. The van der Waals surface area contributed by atoms with Gasteiger partial charge in [0.25, 0.3) is 0 Å². The van der Waals surface area contributed by atoms with Crippen LogP contribution in [0.1, 0.15) is 10.5 Å². The predicted molar refractivity (Wildman–Crippen MR) is 62.8 cm³/mol. The van der Waals surface area contributed by atoms with Crippen LogP contribution < -0.4 is 0 Å². The van der Waals surface area contributed by atoms with E-state index in [0.717, 1.165) is 0 Å². The van der Waals surface area contributed by atoms with Crippen molar-refractivity contribution in [2.75, 3.05) is 0 Å². The van der Waals surface area contributed by atoms with Crippen LogP contribution in [0.15, 0.2) is 30.3 Å². The molecule has 2 rings (SSSR count). The third-order valence-corrected chi connectivity index (χ3v) is 2.72. The van der Waals surface area contributed by atoms with Crippen molar-refractivity contribution in [3.63, 3.8) is 0 Å². The van der Waals surface area contributed by atoms with Crippen molar-refractivity contribution >= 4 is 17.6 Å². The van der Waals surface area contributed by atoms with Gasteiger partial charge < -0.3 is 9.67 Å². The molecule has 1 aromatic heterocycles. The van der Waals surface area contributed by atoms with Crippen molar-refractivity contribution in [1.29, 1.82) is 0 Å². The summed E-state index contributed by atoms with van der Waals surface area (Å²) in [7, 11) is 1.61. The Balaban J connectivity index is 2.57. The molecule has 0 bridgehead atoms. The largest absolute Gasteiger partial charge is 0.477 e. The molecule has 88 valence electrons. The quantitative estimate of drug-likeness (QED) is 0.893. The van der Waals surface area contributed by atoms with E-state index in [-0.39, 0.29) is 10.7 Å². The molecular weight excluding hydrogens is 245 g/mol. The molecule has 0 unspecified atom stereocenters. The number of benzene rings is 1. The smallest absolute Gasteiger partial charge is 0.352 e. The van der Waals surface area contributed by atoms with E-state index < -0.39 is 11.8 Å². The standard InChI is InChI=1S/C12H9ClFNO2/c1-15-10(2-3-11(15)12(16)17)7-4-8(13)6-9(14)5-7/h2-6H,1H3,(H,16,17). The summed E-state index contributed by atoms with van der Waals surface area (Å²) in [5.41, 5.74) is 1.29. The first kappa shape index (κ1) is 11.7. The number of rotatable bonds is 2. The van der Waals surface area contributed by atoms with E-state index in [1.54, 1.807) is 19.2 Å². The molecule has 3 nitrogen and oxygen atoms in total. The van der Waals surface area contributed by atoms with Crippen molar-refractivity contribution < 1.29 is 14.3 Å². The minimum Gasteiger partial charge on any atom is -0.477 e. The molecule has 1 aromatic carbocycles. The van der Waals surface area contributed by atoms with Crippen molar-refractivity contribution in [1.82, 2.24) is 4.57 Å². The van der Waals surface area contributed by atoms with E-state index >= 15 is 0 Å². The van der Waals surface area contributed by atoms with E-state index in [0.29, 0.717) is 11.3 Å². The molecule has 17 heavy (non-hydrogen) atoms. The summed E-state index contributed by atoms with van der Waals surface area (Å²) in [5, 5.41) is 9.19. The third kappa shape index (κ3) is 2.17. The van der Waals surface area contributed by atoms with E-state index in [2.05, 4.69) is 0 Å². The van der Waals surface area contributed by atoms with E-state index in [1.807, 2.05) is 0 Å². The monoisotopic (exact) mass is 253 g/mol. The van der Waals surface area contributed by atoms with Crippen LogP contribution in [0.5, 0.6) is 0 Å². The third-order valence-electron chi connectivity index (χ3n) is 2.50. The Morgan fingerprint density at radius 2 is 2.06 bits per heavy atom. The zero-order chi connectivity index (χ0) is 12.6. The van der Waals surface area contributed by atoms with Crippen molar-refractivity contribution in [2.24, 2.45) is 7.05 Å². The molecule has 0 aliphatic heterocycles. The maximum Gasteiger partial charge on any atom is 0.352 e. The fourth-order valence-corrected chi connectivity index (χ4v) is 1.94. The molecule has 0 aliphatic carbocycles. The van der Waals surface area contributed by atoms with Gasteiger partial charge in [0.15, 0.2) is 0 Å². The van der Waals surface area contributed by atoms with Crippen LogP contribution in [0.25, 0.3) is 11.3 Å². The maximum atomic E-state index is 13.2. The molecule has 1 N–H and O–H groups in total. The number of hydrogen-bond acceptors (Lipinski definition) is 1. The number of halogens is 2. The second-order valence-corrected chi connectivity index (χ2v) is 4.06. The number of carbonyl (C=O) groups is 1. The lowest BCUT2D eigenvalue weighted by Crippen LogP contribution is -2.05. The Kier molecular flexibility index (Phi) is 2.90. The van der Waals surface area contributed by atoms with Crippen LogP contribution in [0.4, 0.5) is 4.39 Å². The normalized spacial score (nSPS) is 10.5. The highest BCUT2D eigenvalue weighted by atomic mass is 35.5. The SMILES string of the molecule is Cn1c(C(=O)O)ccc1-c1cc(F)cc(Cl)c1. The lowest BCUT2D eigenvalue weighted by Gasteiger charge is -2.06. The van der Waals surface area contributed by atoms with Crippen LogP contribution in [0.3, 0.4) is 0 Å². The first-order valence-electron chi connectivity index (χ1n) is 4.84. The predicted octanol–water partition coefficient (Wildman–Crippen LogP) is 3.18. The van der Waals surface area contributed by atoms with Crippen LogP contribution in [-0.2, 0) is 7.05 Å². The first-order valence-corrected chi connectivity index (χ1v) is 5.22.